The van der Waals surface area contributed by atoms with E-state index in [4.69, 9.17) is 11.6 Å². The molecule has 2 aromatic carbocycles. The predicted octanol–water partition coefficient (Wildman–Crippen LogP) is 4.33. The zero-order chi connectivity index (χ0) is 14.7. The number of nitrogens with zero attached hydrogens (tertiary/aromatic N) is 1. The van der Waals surface area contributed by atoms with Gasteiger partial charge < -0.3 is 10.4 Å². The SMILES string of the molecule is O=[N+]([O-])c1ccc(NCc2cc(Cl)ccc2O)cc1Br. The maximum Gasteiger partial charge on any atom is 0.283 e. The summed E-state index contributed by atoms with van der Waals surface area (Å²) in [6.45, 7) is 0.358. The molecule has 7 heteroatoms. The highest BCUT2D eigenvalue weighted by Gasteiger charge is 2.11. The molecule has 2 aromatic rings. The Kier molecular flexibility index (Phi) is 4.46. The van der Waals surface area contributed by atoms with Crippen molar-refractivity contribution in [3.8, 4) is 5.75 Å². The molecule has 0 spiro atoms. The first-order chi connectivity index (χ1) is 9.47. The van der Waals surface area contributed by atoms with Gasteiger partial charge in [-0.05, 0) is 46.3 Å². The van der Waals surface area contributed by atoms with Crippen LogP contribution in [-0.4, -0.2) is 10.0 Å². The zero-order valence-electron chi connectivity index (χ0n) is 10.1. The minimum Gasteiger partial charge on any atom is -0.508 e. The van der Waals surface area contributed by atoms with Gasteiger partial charge in [-0.25, -0.2) is 0 Å². The third-order valence-corrected chi connectivity index (χ3v) is 3.54. The monoisotopic (exact) mass is 356 g/mol. The lowest BCUT2D eigenvalue weighted by Crippen LogP contribution is -2.00. The predicted molar refractivity (Wildman–Crippen MR) is 81.2 cm³/mol. The van der Waals surface area contributed by atoms with Gasteiger partial charge in [-0.3, -0.25) is 10.1 Å². The number of halogens is 2. The topological polar surface area (TPSA) is 75.4 Å². The number of benzene rings is 2. The Balaban J connectivity index is 2.13. The Labute approximate surface area is 128 Å². The summed E-state index contributed by atoms with van der Waals surface area (Å²) in [6.07, 6.45) is 0. The number of nitrogens with one attached hydrogen (secondary N) is 1. The molecule has 0 unspecified atom stereocenters. The molecule has 0 aliphatic rings. The molecule has 0 atom stereocenters. The maximum absolute atomic E-state index is 10.7. The number of aromatic hydroxyl groups is 1. The molecule has 0 aliphatic heterocycles. The molecule has 0 aliphatic carbocycles. The van der Waals surface area contributed by atoms with Crippen LogP contribution in [0.4, 0.5) is 11.4 Å². The Bertz CT molecular complexity index is 664. The van der Waals surface area contributed by atoms with E-state index in [-0.39, 0.29) is 11.4 Å². The number of nitro benzene ring substituents is 1. The molecule has 0 radical (unpaired) electrons. The van der Waals surface area contributed by atoms with Gasteiger partial charge in [0.25, 0.3) is 5.69 Å². The molecule has 0 heterocycles. The number of hydrogen-bond donors (Lipinski definition) is 2. The summed E-state index contributed by atoms with van der Waals surface area (Å²) in [5, 5.41) is 24.0. The van der Waals surface area contributed by atoms with Gasteiger partial charge in [0.2, 0.25) is 0 Å². The summed E-state index contributed by atoms with van der Waals surface area (Å²) in [6, 6.07) is 9.40. The molecule has 2 N–H and O–H groups in total. The molecule has 0 amide bonds. The van der Waals surface area contributed by atoms with Crippen LogP contribution >= 0.6 is 27.5 Å². The normalized spacial score (nSPS) is 10.3. The van der Waals surface area contributed by atoms with E-state index in [2.05, 4.69) is 21.2 Å². The van der Waals surface area contributed by atoms with E-state index >= 15 is 0 Å². The van der Waals surface area contributed by atoms with E-state index in [1.165, 1.54) is 12.1 Å². The molecule has 0 bridgehead atoms. The van der Waals surface area contributed by atoms with Gasteiger partial charge in [0.05, 0.1) is 9.40 Å². The second-order valence-electron chi connectivity index (χ2n) is 4.05. The number of anilines is 1. The Hall–Kier alpha value is -1.79. The van der Waals surface area contributed by atoms with Crippen LogP contribution in [0.1, 0.15) is 5.56 Å². The van der Waals surface area contributed by atoms with Crippen LogP contribution < -0.4 is 5.32 Å². The molecule has 5 nitrogen and oxygen atoms in total. The molecule has 2 rings (SSSR count). The molecular weight excluding hydrogens is 348 g/mol. The van der Waals surface area contributed by atoms with Gasteiger partial charge >= 0.3 is 0 Å². The van der Waals surface area contributed by atoms with Crippen molar-refractivity contribution in [3.05, 3.63) is 61.6 Å². The zero-order valence-corrected chi connectivity index (χ0v) is 12.5. The van der Waals surface area contributed by atoms with E-state index < -0.39 is 4.92 Å². The Morgan fingerprint density at radius 1 is 1.30 bits per heavy atom. The van der Waals surface area contributed by atoms with E-state index in [1.54, 1.807) is 24.3 Å². The number of nitro groups is 1. The number of hydrogen-bond acceptors (Lipinski definition) is 4. The summed E-state index contributed by atoms with van der Waals surface area (Å²) < 4.78 is 0.391. The van der Waals surface area contributed by atoms with Crippen molar-refractivity contribution >= 4 is 38.9 Å². The maximum atomic E-state index is 10.7. The lowest BCUT2D eigenvalue weighted by Gasteiger charge is -2.09. The van der Waals surface area contributed by atoms with Crippen molar-refractivity contribution in [3.63, 3.8) is 0 Å². The van der Waals surface area contributed by atoms with Gasteiger partial charge in [-0.2, -0.15) is 0 Å². The second kappa shape index (κ2) is 6.11. The van der Waals surface area contributed by atoms with E-state index in [0.29, 0.717) is 27.3 Å². The lowest BCUT2D eigenvalue weighted by atomic mass is 10.2. The fourth-order valence-electron chi connectivity index (χ4n) is 1.66. The summed E-state index contributed by atoms with van der Waals surface area (Å²) >= 11 is 9.01. The van der Waals surface area contributed by atoms with Crippen molar-refractivity contribution in [2.24, 2.45) is 0 Å². The van der Waals surface area contributed by atoms with Crippen LogP contribution in [0, 0.1) is 10.1 Å². The molecule has 0 saturated heterocycles. The smallest absolute Gasteiger partial charge is 0.283 e. The van der Waals surface area contributed by atoms with Gasteiger partial charge in [-0.1, -0.05) is 11.6 Å². The number of phenolic OH excluding ortho intramolecular Hbond substituents is 1. The minimum atomic E-state index is -0.462. The highest BCUT2D eigenvalue weighted by Crippen LogP contribution is 2.28. The summed E-state index contributed by atoms with van der Waals surface area (Å²) in [4.78, 5) is 10.2. The fraction of sp³-hybridized carbons (Fsp3) is 0.0769. The van der Waals surface area contributed by atoms with Gasteiger partial charge in [0, 0.05) is 28.9 Å². The van der Waals surface area contributed by atoms with E-state index in [9.17, 15) is 15.2 Å². The molecule has 0 fully saturated rings. The summed E-state index contributed by atoms with van der Waals surface area (Å²) in [5.41, 5.74) is 1.34. The van der Waals surface area contributed by atoms with Gasteiger partial charge in [0.1, 0.15) is 5.75 Å². The molecule has 0 saturated carbocycles. The van der Waals surface area contributed by atoms with Gasteiger partial charge in [-0.15, -0.1) is 0 Å². The van der Waals surface area contributed by atoms with Crippen LogP contribution in [0.3, 0.4) is 0 Å². The summed E-state index contributed by atoms with van der Waals surface area (Å²) in [5.74, 6) is 0.142. The molecule has 104 valence electrons. The van der Waals surface area contributed by atoms with Crippen LogP contribution in [0.2, 0.25) is 5.02 Å². The summed E-state index contributed by atoms with van der Waals surface area (Å²) in [7, 11) is 0. The van der Waals surface area contributed by atoms with Crippen molar-refractivity contribution in [1.82, 2.24) is 0 Å². The minimum absolute atomic E-state index is 0.00107. The van der Waals surface area contributed by atoms with Crippen LogP contribution in [0.25, 0.3) is 0 Å². The first kappa shape index (κ1) is 14.6. The molecule has 0 aromatic heterocycles. The Morgan fingerprint density at radius 2 is 2.05 bits per heavy atom. The highest BCUT2D eigenvalue weighted by molar-refractivity contribution is 9.10. The fourth-order valence-corrected chi connectivity index (χ4v) is 2.38. The average Bonchev–Trinajstić information content (AvgIpc) is 2.39. The first-order valence-corrected chi connectivity index (χ1v) is 6.79. The van der Waals surface area contributed by atoms with Crippen molar-refractivity contribution in [2.45, 2.75) is 6.54 Å². The third kappa shape index (κ3) is 3.40. The van der Waals surface area contributed by atoms with Crippen LogP contribution in [-0.2, 0) is 6.54 Å². The van der Waals surface area contributed by atoms with Crippen LogP contribution in [0.5, 0.6) is 5.75 Å². The van der Waals surface area contributed by atoms with Crippen molar-refractivity contribution in [2.75, 3.05) is 5.32 Å². The Morgan fingerprint density at radius 3 is 2.70 bits per heavy atom. The van der Waals surface area contributed by atoms with E-state index in [1.807, 2.05) is 0 Å². The number of rotatable bonds is 4. The molecule has 20 heavy (non-hydrogen) atoms. The number of phenols is 1. The standard InChI is InChI=1S/C13H10BrClN2O3/c14-11-6-10(2-3-12(11)17(19)20)16-7-8-5-9(15)1-4-13(8)18/h1-6,16,18H,7H2. The highest BCUT2D eigenvalue weighted by atomic mass is 79.9. The second-order valence-corrected chi connectivity index (χ2v) is 5.34. The van der Waals surface area contributed by atoms with E-state index in [0.717, 1.165) is 0 Å². The molecular formula is C13H10BrClN2O3. The van der Waals surface area contributed by atoms with Crippen molar-refractivity contribution < 1.29 is 10.0 Å². The third-order valence-electron chi connectivity index (χ3n) is 2.67. The lowest BCUT2D eigenvalue weighted by molar-refractivity contribution is -0.385. The quantitative estimate of drug-likeness (QED) is 0.631. The largest absolute Gasteiger partial charge is 0.508 e. The van der Waals surface area contributed by atoms with Crippen LogP contribution in [0.15, 0.2) is 40.9 Å². The average molecular weight is 358 g/mol. The van der Waals surface area contributed by atoms with Gasteiger partial charge in [0.15, 0.2) is 0 Å². The first-order valence-electron chi connectivity index (χ1n) is 5.62. The van der Waals surface area contributed by atoms with Crippen molar-refractivity contribution in [1.29, 1.82) is 0 Å².